The molecule has 1 aromatic rings. The number of rotatable bonds is 3. The summed E-state index contributed by atoms with van der Waals surface area (Å²) in [5.41, 5.74) is 1.23. The van der Waals surface area contributed by atoms with E-state index >= 15 is 0 Å². The van der Waals surface area contributed by atoms with Gasteiger partial charge in [-0.3, -0.25) is 0 Å². The maximum absolute atomic E-state index is 4.84. The van der Waals surface area contributed by atoms with E-state index in [1.165, 1.54) is 24.5 Å². The molecule has 2 heterocycles. The van der Waals surface area contributed by atoms with Crippen LogP contribution in [0.4, 0.5) is 5.95 Å². The van der Waals surface area contributed by atoms with E-state index in [1.54, 1.807) is 0 Å². The molecule has 18 heavy (non-hydrogen) atoms. The summed E-state index contributed by atoms with van der Waals surface area (Å²) in [6, 6.07) is 1.81. The van der Waals surface area contributed by atoms with Crippen molar-refractivity contribution >= 4 is 5.95 Å². The molecule has 0 radical (unpaired) electrons. The zero-order valence-corrected chi connectivity index (χ0v) is 11.7. The first-order chi connectivity index (χ1) is 8.67. The Kier molecular flexibility index (Phi) is 3.06. The molecule has 1 N–H and O–H groups in total. The fourth-order valence-electron chi connectivity index (χ4n) is 2.95. The number of nitrogens with one attached hydrogen (secondary N) is 1. The number of aromatic nitrogens is 2. The summed E-state index contributed by atoms with van der Waals surface area (Å²) < 4.78 is 2.42. The van der Waals surface area contributed by atoms with Crippen molar-refractivity contribution in [3.63, 3.8) is 0 Å². The van der Waals surface area contributed by atoms with Gasteiger partial charge in [0, 0.05) is 37.4 Å². The van der Waals surface area contributed by atoms with Crippen LogP contribution < -0.4 is 10.2 Å². The molecule has 1 aliphatic heterocycles. The molecular formula is C14H24N4. The standard InChI is InChI=1S/C14H24N4/c1-4-12-9-18(13-5-6-13)14(16-12)17-7-10(2)15-11(3)8-17/h9-11,13,15H,4-8H2,1-3H3. The van der Waals surface area contributed by atoms with Gasteiger partial charge in [0.25, 0.3) is 0 Å². The molecule has 2 unspecified atom stereocenters. The number of hydrogen-bond acceptors (Lipinski definition) is 3. The Bertz CT molecular complexity index is 411. The normalized spacial score (nSPS) is 28.7. The molecule has 0 amide bonds. The van der Waals surface area contributed by atoms with Gasteiger partial charge in [-0.25, -0.2) is 4.98 Å². The Morgan fingerprint density at radius 2 is 1.94 bits per heavy atom. The van der Waals surface area contributed by atoms with E-state index in [4.69, 9.17) is 4.98 Å². The number of hydrogen-bond donors (Lipinski definition) is 1. The van der Waals surface area contributed by atoms with Crippen molar-refractivity contribution < 1.29 is 0 Å². The minimum Gasteiger partial charge on any atom is -0.339 e. The van der Waals surface area contributed by atoms with Crippen LogP contribution in [-0.4, -0.2) is 34.7 Å². The molecule has 2 atom stereocenters. The molecule has 1 saturated heterocycles. The average Bonchev–Trinajstić information content (AvgIpc) is 3.07. The lowest BCUT2D eigenvalue weighted by Crippen LogP contribution is -2.55. The Morgan fingerprint density at radius 1 is 1.28 bits per heavy atom. The van der Waals surface area contributed by atoms with Crippen LogP contribution in [0, 0.1) is 0 Å². The Hall–Kier alpha value is -1.03. The van der Waals surface area contributed by atoms with Gasteiger partial charge in [0.2, 0.25) is 5.95 Å². The van der Waals surface area contributed by atoms with Gasteiger partial charge in [0.05, 0.1) is 5.69 Å². The average molecular weight is 248 g/mol. The van der Waals surface area contributed by atoms with E-state index in [2.05, 4.69) is 41.8 Å². The molecule has 1 aromatic heterocycles. The minimum atomic E-state index is 0.545. The monoisotopic (exact) mass is 248 g/mol. The number of nitrogens with zero attached hydrogens (tertiary/aromatic N) is 3. The van der Waals surface area contributed by atoms with Crippen molar-refractivity contribution in [1.29, 1.82) is 0 Å². The van der Waals surface area contributed by atoms with Crippen LogP contribution in [0.25, 0.3) is 0 Å². The van der Waals surface area contributed by atoms with Crippen LogP contribution in [0.3, 0.4) is 0 Å². The van der Waals surface area contributed by atoms with Gasteiger partial charge < -0.3 is 14.8 Å². The summed E-state index contributed by atoms with van der Waals surface area (Å²) in [6.45, 7) is 8.84. The van der Waals surface area contributed by atoms with Gasteiger partial charge in [-0.05, 0) is 33.1 Å². The fourth-order valence-corrected chi connectivity index (χ4v) is 2.95. The molecule has 1 aliphatic carbocycles. The van der Waals surface area contributed by atoms with Gasteiger partial charge in [0.15, 0.2) is 0 Å². The highest BCUT2D eigenvalue weighted by atomic mass is 15.4. The zero-order valence-electron chi connectivity index (χ0n) is 11.7. The van der Waals surface area contributed by atoms with Crippen LogP contribution in [0.5, 0.6) is 0 Å². The number of piperazine rings is 1. The van der Waals surface area contributed by atoms with E-state index in [1.807, 2.05) is 0 Å². The van der Waals surface area contributed by atoms with E-state index in [0.717, 1.165) is 19.5 Å². The Labute approximate surface area is 109 Å². The van der Waals surface area contributed by atoms with Crippen LogP contribution >= 0.6 is 0 Å². The van der Waals surface area contributed by atoms with Crippen molar-refractivity contribution in [1.82, 2.24) is 14.9 Å². The summed E-state index contributed by atoms with van der Waals surface area (Å²) in [6.07, 6.45) is 5.95. The van der Waals surface area contributed by atoms with Crippen molar-refractivity contribution in [3.8, 4) is 0 Å². The van der Waals surface area contributed by atoms with Gasteiger partial charge >= 0.3 is 0 Å². The van der Waals surface area contributed by atoms with Crippen molar-refractivity contribution in [2.24, 2.45) is 0 Å². The Morgan fingerprint density at radius 3 is 2.50 bits per heavy atom. The van der Waals surface area contributed by atoms with E-state index < -0.39 is 0 Å². The van der Waals surface area contributed by atoms with Crippen molar-refractivity contribution in [2.45, 2.75) is 58.2 Å². The third kappa shape index (κ3) is 2.26. The van der Waals surface area contributed by atoms with Gasteiger partial charge in [-0.1, -0.05) is 6.92 Å². The predicted octanol–water partition coefficient (Wildman–Crippen LogP) is 1.97. The molecule has 3 rings (SSSR count). The number of anilines is 1. The molecule has 4 heteroatoms. The first-order valence-corrected chi connectivity index (χ1v) is 7.26. The molecule has 4 nitrogen and oxygen atoms in total. The largest absolute Gasteiger partial charge is 0.339 e. The van der Waals surface area contributed by atoms with Crippen LogP contribution in [0.1, 0.15) is 45.3 Å². The smallest absolute Gasteiger partial charge is 0.206 e. The van der Waals surface area contributed by atoms with Crippen LogP contribution in [0.15, 0.2) is 6.20 Å². The predicted molar refractivity (Wildman–Crippen MR) is 74.1 cm³/mol. The molecule has 0 aromatic carbocycles. The number of aryl methyl sites for hydroxylation is 1. The second-order valence-corrected chi connectivity index (χ2v) is 5.90. The van der Waals surface area contributed by atoms with Crippen molar-refractivity contribution in [2.75, 3.05) is 18.0 Å². The first-order valence-electron chi connectivity index (χ1n) is 7.26. The van der Waals surface area contributed by atoms with Crippen molar-refractivity contribution in [3.05, 3.63) is 11.9 Å². The lowest BCUT2D eigenvalue weighted by molar-refractivity contribution is 0.400. The Balaban J connectivity index is 1.87. The summed E-state index contributed by atoms with van der Waals surface area (Å²) in [7, 11) is 0. The number of imidazole rings is 1. The molecule has 2 fully saturated rings. The molecular weight excluding hydrogens is 224 g/mol. The maximum Gasteiger partial charge on any atom is 0.206 e. The van der Waals surface area contributed by atoms with Gasteiger partial charge in [-0.15, -0.1) is 0 Å². The molecule has 2 aliphatic rings. The van der Waals surface area contributed by atoms with E-state index in [9.17, 15) is 0 Å². The minimum absolute atomic E-state index is 0.545. The maximum atomic E-state index is 4.84. The first kappa shape index (κ1) is 12.0. The molecule has 0 spiro atoms. The van der Waals surface area contributed by atoms with Crippen LogP contribution in [0.2, 0.25) is 0 Å². The molecule has 1 saturated carbocycles. The lowest BCUT2D eigenvalue weighted by atomic mass is 10.1. The third-order valence-corrected chi connectivity index (χ3v) is 3.91. The van der Waals surface area contributed by atoms with Gasteiger partial charge in [0.1, 0.15) is 0 Å². The summed E-state index contributed by atoms with van der Waals surface area (Å²) >= 11 is 0. The quantitative estimate of drug-likeness (QED) is 0.888. The van der Waals surface area contributed by atoms with E-state index in [0.29, 0.717) is 18.1 Å². The SMILES string of the molecule is CCc1cn(C2CC2)c(N2CC(C)NC(C)C2)n1. The zero-order chi connectivity index (χ0) is 12.7. The third-order valence-electron chi connectivity index (χ3n) is 3.91. The van der Waals surface area contributed by atoms with E-state index in [-0.39, 0.29) is 0 Å². The van der Waals surface area contributed by atoms with Crippen LogP contribution in [-0.2, 0) is 6.42 Å². The lowest BCUT2D eigenvalue weighted by Gasteiger charge is -2.37. The van der Waals surface area contributed by atoms with Gasteiger partial charge in [-0.2, -0.15) is 0 Å². The highest BCUT2D eigenvalue weighted by molar-refractivity contribution is 5.36. The summed E-state index contributed by atoms with van der Waals surface area (Å²) in [4.78, 5) is 7.31. The molecule has 0 bridgehead atoms. The second-order valence-electron chi connectivity index (χ2n) is 5.90. The fraction of sp³-hybridized carbons (Fsp3) is 0.786. The second kappa shape index (κ2) is 4.57. The molecule has 100 valence electrons. The summed E-state index contributed by atoms with van der Waals surface area (Å²) in [5, 5.41) is 3.59. The highest BCUT2D eigenvalue weighted by Gasteiger charge is 2.30. The highest BCUT2D eigenvalue weighted by Crippen LogP contribution is 2.38. The summed E-state index contributed by atoms with van der Waals surface area (Å²) in [5.74, 6) is 1.20. The topological polar surface area (TPSA) is 33.1 Å².